The zero-order valence-electron chi connectivity index (χ0n) is 16.1. The van der Waals surface area contributed by atoms with Gasteiger partial charge in [0.2, 0.25) is 5.91 Å². The Morgan fingerprint density at radius 3 is 2.48 bits per heavy atom. The standard InChI is InChI=1S/C21H21F2N3O3/c1-3-4-13-5-7-14(8-6-13)21(2)19(28)26(20(29)25-21)12-18(27)24-17-11-15(22)9-10-16(17)23/h5-11H,3-4,12H2,1-2H3,(H,24,27)(H,25,29)/t21-/m1/s1. The average Bonchev–Trinajstić information content (AvgIpc) is 2.89. The van der Waals surface area contributed by atoms with E-state index in [9.17, 15) is 23.2 Å². The molecule has 2 aromatic carbocycles. The number of carbonyl (C=O) groups is 3. The maximum Gasteiger partial charge on any atom is 0.325 e. The molecule has 6 nitrogen and oxygen atoms in total. The summed E-state index contributed by atoms with van der Waals surface area (Å²) in [5.74, 6) is -2.97. The molecular formula is C21H21F2N3O3. The van der Waals surface area contributed by atoms with E-state index in [0.717, 1.165) is 41.5 Å². The van der Waals surface area contributed by atoms with E-state index in [1.165, 1.54) is 0 Å². The fraction of sp³-hybridized carbons (Fsp3) is 0.286. The molecule has 2 aromatic rings. The second kappa shape index (κ2) is 7.98. The van der Waals surface area contributed by atoms with Crippen molar-refractivity contribution < 1.29 is 23.2 Å². The van der Waals surface area contributed by atoms with Crippen LogP contribution < -0.4 is 10.6 Å². The van der Waals surface area contributed by atoms with E-state index in [1.807, 2.05) is 12.1 Å². The number of carbonyl (C=O) groups excluding carboxylic acids is 3. The average molecular weight is 401 g/mol. The van der Waals surface area contributed by atoms with Crippen LogP contribution in [0.2, 0.25) is 0 Å². The summed E-state index contributed by atoms with van der Waals surface area (Å²) in [6, 6.07) is 9.21. The Labute approximate surface area is 166 Å². The van der Waals surface area contributed by atoms with Crippen molar-refractivity contribution in [2.45, 2.75) is 32.2 Å². The Morgan fingerprint density at radius 2 is 1.83 bits per heavy atom. The van der Waals surface area contributed by atoms with Crippen molar-refractivity contribution in [1.82, 2.24) is 10.2 Å². The fourth-order valence-electron chi connectivity index (χ4n) is 3.26. The van der Waals surface area contributed by atoms with Crippen molar-refractivity contribution in [3.05, 3.63) is 65.2 Å². The third kappa shape index (κ3) is 4.11. The molecule has 1 heterocycles. The second-order valence-corrected chi connectivity index (χ2v) is 7.07. The van der Waals surface area contributed by atoms with Gasteiger partial charge in [-0.15, -0.1) is 0 Å². The van der Waals surface area contributed by atoms with Crippen molar-refractivity contribution in [3.63, 3.8) is 0 Å². The van der Waals surface area contributed by atoms with Crippen molar-refractivity contribution >= 4 is 23.5 Å². The van der Waals surface area contributed by atoms with E-state index in [-0.39, 0.29) is 5.69 Å². The second-order valence-electron chi connectivity index (χ2n) is 7.07. The van der Waals surface area contributed by atoms with Crippen LogP contribution in [-0.2, 0) is 21.5 Å². The molecule has 1 atom stereocenters. The number of amides is 4. The summed E-state index contributed by atoms with van der Waals surface area (Å²) in [7, 11) is 0. The molecule has 1 aliphatic heterocycles. The first-order chi connectivity index (χ1) is 13.7. The third-order valence-electron chi connectivity index (χ3n) is 4.85. The highest BCUT2D eigenvalue weighted by atomic mass is 19.1. The molecule has 0 unspecified atom stereocenters. The van der Waals surface area contributed by atoms with E-state index in [2.05, 4.69) is 17.6 Å². The molecule has 152 valence electrons. The molecule has 0 aliphatic carbocycles. The van der Waals surface area contributed by atoms with Gasteiger partial charge in [0.05, 0.1) is 5.69 Å². The summed E-state index contributed by atoms with van der Waals surface area (Å²) in [5, 5.41) is 4.79. The molecular weight excluding hydrogens is 380 g/mol. The summed E-state index contributed by atoms with van der Waals surface area (Å²) in [4.78, 5) is 38.2. The molecule has 2 N–H and O–H groups in total. The van der Waals surface area contributed by atoms with E-state index in [1.54, 1.807) is 19.1 Å². The van der Waals surface area contributed by atoms with Gasteiger partial charge in [-0.3, -0.25) is 14.5 Å². The van der Waals surface area contributed by atoms with Crippen LogP contribution in [-0.4, -0.2) is 29.3 Å². The number of benzene rings is 2. The molecule has 0 saturated carbocycles. The smallest absolute Gasteiger partial charge is 0.322 e. The van der Waals surface area contributed by atoms with Gasteiger partial charge in [-0.05, 0) is 36.6 Å². The zero-order chi connectivity index (χ0) is 21.2. The third-order valence-corrected chi connectivity index (χ3v) is 4.85. The van der Waals surface area contributed by atoms with Crippen LogP contribution in [0.3, 0.4) is 0 Å². The summed E-state index contributed by atoms with van der Waals surface area (Å²) in [6.07, 6.45) is 1.89. The SMILES string of the molecule is CCCc1ccc([C@@]2(C)NC(=O)N(CC(=O)Nc3cc(F)ccc3F)C2=O)cc1. The number of nitrogens with zero attached hydrogens (tertiary/aromatic N) is 1. The van der Waals surface area contributed by atoms with Gasteiger partial charge < -0.3 is 10.6 Å². The highest BCUT2D eigenvalue weighted by molar-refractivity contribution is 6.10. The van der Waals surface area contributed by atoms with E-state index >= 15 is 0 Å². The normalized spacial score (nSPS) is 18.7. The van der Waals surface area contributed by atoms with Gasteiger partial charge in [-0.1, -0.05) is 37.6 Å². The van der Waals surface area contributed by atoms with Gasteiger partial charge >= 0.3 is 6.03 Å². The summed E-state index contributed by atoms with van der Waals surface area (Å²) >= 11 is 0. The molecule has 3 rings (SSSR count). The highest BCUT2D eigenvalue weighted by Gasteiger charge is 2.49. The first kappa shape index (κ1) is 20.4. The minimum absolute atomic E-state index is 0.365. The van der Waals surface area contributed by atoms with Crippen LogP contribution in [0.4, 0.5) is 19.3 Å². The lowest BCUT2D eigenvalue weighted by molar-refractivity contribution is -0.133. The van der Waals surface area contributed by atoms with Gasteiger partial charge in [0.1, 0.15) is 23.7 Å². The molecule has 0 radical (unpaired) electrons. The number of halogens is 2. The number of urea groups is 1. The molecule has 1 fully saturated rings. The van der Waals surface area contributed by atoms with Crippen molar-refractivity contribution in [2.75, 3.05) is 11.9 Å². The van der Waals surface area contributed by atoms with Crippen LogP contribution in [0.25, 0.3) is 0 Å². The van der Waals surface area contributed by atoms with Gasteiger partial charge in [0.15, 0.2) is 0 Å². The fourth-order valence-corrected chi connectivity index (χ4v) is 3.26. The molecule has 0 aromatic heterocycles. The minimum Gasteiger partial charge on any atom is -0.322 e. The van der Waals surface area contributed by atoms with Crippen LogP contribution in [0.15, 0.2) is 42.5 Å². The number of nitrogens with one attached hydrogen (secondary N) is 2. The van der Waals surface area contributed by atoms with E-state index in [0.29, 0.717) is 5.56 Å². The lowest BCUT2D eigenvalue weighted by atomic mass is 9.91. The van der Waals surface area contributed by atoms with Crippen molar-refractivity contribution in [2.24, 2.45) is 0 Å². The Kier molecular flexibility index (Phi) is 5.63. The topological polar surface area (TPSA) is 78.5 Å². The quantitative estimate of drug-likeness (QED) is 0.729. The Bertz CT molecular complexity index is 962. The number of aryl methyl sites for hydroxylation is 1. The number of imide groups is 1. The van der Waals surface area contributed by atoms with Gasteiger partial charge in [0.25, 0.3) is 5.91 Å². The monoisotopic (exact) mass is 401 g/mol. The van der Waals surface area contributed by atoms with E-state index < -0.39 is 41.6 Å². The van der Waals surface area contributed by atoms with Crippen molar-refractivity contribution in [3.8, 4) is 0 Å². The van der Waals surface area contributed by atoms with Gasteiger partial charge in [0, 0.05) is 6.07 Å². The maximum atomic E-state index is 13.7. The van der Waals surface area contributed by atoms with Gasteiger partial charge in [-0.25, -0.2) is 13.6 Å². The molecule has 4 amide bonds. The van der Waals surface area contributed by atoms with E-state index in [4.69, 9.17) is 0 Å². The maximum absolute atomic E-state index is 13.7. The van der Waals surface area contributed by atoms with Gasteiger partial charge in [-0.2, -0.15) is 0 Å². The Balaban J connectivity index is 1.74. The van der Waals surface area contributed by atoms with Crippen molar-refractivity contribution in [1.29, 1.82) is 0 Å². The Hall–Kier alpha value is -3.29. The first-order valence-corrected chi connectivity index (χ1v) is 9.23. The summed E-state index contributed by atoms with van der Waals surface area (Å²) in [5.41, 5.74) is 0.0303. The lowest BCUT2D eigenvalue weighted by Gasteiger charge is -2.22. The molecule has 29 heavy (non-hydrogen) atoms. The zero-order valence-corrected chi connectivity index (χ0v) is 16.1. The molecule has 0 bridgehead atoms. The minimum atomic E-state index is -1.31. The van der Waals surface area contributed by atoms with Crippen LogP contribution in [0, 0.1) is 11.6 Å². The predicted octanol–water partition coefficient (Wildman–Crippen LogP) is 3.32. The molecule has 1 aliphatic rings. The molecule has 8 heteroatoms. The summed E-state index contributed by atoms with van der Waals surface area (Å²) < 4.78 is 26.9. The van der Waals surface area contributed by atoms with Crippen LogP contribution >= 0.6 is 0 Å². The summed E-state index contributed by atoms with van der Waals surface area (Å²) in [6.45, 7) is 3.00. The number of rotatable bonds is 6. The largest absolute Gasteiger partial charge is 0.325 e. The predicted molar refractivity (Wildman–Crippen MR) is 103 cm³/mol. The molecule has 1 saturated heterocycles. The highest BCUT2D eigenvalue weighted by Crippen LogP contribution is 2.29. The molecule has 0 spiro atoms. The van der Waals surface area contributed by atoms with Crippen LogP contribution in [0.1, 0.15) is 31.4 Å². The number of hydrogen-bond acceptors (Lipinski definition) is 3. The van der Waals surface area contributed by atoms with Crippen LogP contribution in [0.5, 0.6) is 0 Å². The number of anilines is 1. The number of hydrogen-bond donors (Lipinski definition) is 2. The first-order valence-electron chi connectivity index (χ1n) is 9.23. The lowest BCUT2D eigenvalue weighted by Crippen LogP contribution is -2.42. The Morgan fingerprint density at radius 1 is 1.14 bits per heavy atom.